The minimum atomic E-state index is -4.39. The molecule has 1 atom stereocenters. The Kier molecular flexibility index (Phi) is 6.96. The second kappa shape index (κ2) is 10.2. The van der Waals surface area contributed by atoms with Crippen molar-refractivity contribution in [2.75, 3.05) is 24.6 Å². The monoisotopic (exact) mass is 545 g/mol. The van der Waals surface area contributed by atoms with Crippen LogP contribution in [0.4, 0.5) is 18.9 Å². The fourth-order valence-electron chi connectivity index (χ4n) is 4.73. The first-order chi connectivity index (χ1) is 18.1. The van der Waals surface area contributed by atoms with Crippen LogP contribution in [0.2, 0.25) is 5.02 Å². The van der Waals surface area contributed by atoms with Gasteiger partial charge in [-0.3, -0.25) is 9.59 Å². The highest BCUT2D eigenvalue weighted by molar-refractivity contribution is 6.32. The van der Waals surface area contributed by atoms with E-state index in [9.17, 15) is 27.9 Å². The number of benzene rings is 3. The zero-order valence-electron chi connectivity index (χ0n) is 20.0. The number of carbonyl (C=O) groups excluding carboxylic acids is 1. The van der Waals surface area contributed by atoms with Crippen LogP contribution in [0.15, 0.2) is 60.7 Å². The molecule has 0 saturated carbocycles. The number of hydrogen-bond donors (Lipinski definition) is 1. The lowest BCUT2D eigenvalue weighted by Gasteiger charge is -2.41. The first-order valence-corrected chi connectivity index (χ1v) is 12.4. The van der Waals surface area contributed by atoms with Crippen LogP contribution in [0.3, 0.4) is 0 Å². The van der Waals surface area contributed by atoms with Crippen molar-refractivity contribution in [3.63, 3.8) is 0 Å². The quantitative estimate of drug-likeness (QED) is 0.329. The maximum Gasteiger partial charge on any atom is 0.416 e. The number of aliphatic carboxylic acids is 1. The Morgan fingerprint density at radius 3 is 2.50 bits per heavy atom. The summed E-state index contributed by atoms with van der Waals surface area (Å²) < 4.78 is 50.3. The van der Waals surface area contributed by atoms with E-state index in [4.69, 9.17) is 21.1 Å². The fraction of sp³-hybridized carbons (Fsp3) is 0.286. The summed E-state index contributed by atoms with van der Waals surface area (Å²) in [6.07, 6.45) is -3.75. The first-order valence-electron chi connectivity index (χ1n) is 12.0. The van der Waals surface area contributed by atoms with Gasteiger partial charge in [-0.05, 0) is 55.0 Å². The summed E-state index contributed by atoms with van der Waals surface area (Å²) in [7, 11) is 0. The number of fused-ring (bicyclic) bond motifs is 1. The Morgan fingerprint density at radius 2 is 1.82 bits per heavy atom. The normalized spacial score (nSPS) is 17.3. The maximum atomic E-state index is 13.0. The van der Waals surface area contributed by atoms with Gasteiger partial charge in [0.2, 0.25) is 0 Å². The van der Waals surface area contributed by atoms with Crippen molar-refractivity contribution in [1.82, 2.24) is 0 Å². The smallest absolute Gasteiger partial charge is 0.416 e. The van der Waals surface area contributed by atoms with E-state index in [0.717, 1.165) is 12.1 Å². The van der Waals surface area contributed by atoms with Crippen molar-refractivity contribution >= 4 is 29.0 Å². The highest BCUT2D eigenvalue weighted by Gasteiger charge is 2.33. The number of halogens is 4. The molecular weight excluding hydrogens is 523 g/mol. The molecule has 0 spiro atoms. The lowest BCUT2D eigenvalue weighted by atomic mass is 9.91. The highest BCUT2D eigenvalue weighted by Crippen LogP contribution is 2.42. The van der Waals surface area contributed by atoms with E-state index in [1.807, 2.05) is 4.90 Å². The summed E-state index contributed by atoms with van der Waals surface area (Å²) in [6.45, 7) is 1.30. The van der Waals surface area contributed by atoms with Crippen LogP contribution >= 0.6 is 11.6 Å². The van der Waals surface area contributed by atoms with Gasteiger partial charge in [0.25, 0.3) is 0 Å². The molecule has 3 aromatic rings. The molecule has 3 aromatic carbocycles. The van der Waals surface area contributed by atoms with Gasteiger partial charge in [0.1, 0.15) is 17.2 Å². The molecule has 1 fully saturated rings. The Morgan fingerprint density at radius 1 is 1.08 bits per heavy atom. The molecule has 0 amide bonds. The average molecular weight is 546 g/mol. The van der Waals surface area contributed by atoms with Crippen LogP contribution in [0.25, 0.3) is 0 Å². The number of hydrogen-bond acceptors (Lipinski definition) is 5. The molecule has 0 aliphatic carbocycles. The summed E-state index contributed by atoms with van der Waals surface area (Å²) in [5.74, 6) is -0.488. The minimum absolute atomic E-state index is 0.0527. The molecule has 2 aliphatic heterocycles. The number of carboxylic acids is 1. The summed E-state index contributed by atoms with van der Waals surface area (Å²) in [5, 5.41) is 9.68. The van der Waals surface area contributed by atoms with Crippen molar-refractivity contribution in [3.05, 3.63) is 82.4 Å². The summed E-state index contributed by atoms with van der Waals surface area (Å²) in [5.41, 5.74) is 0.809. The molecule has 1 unspecified atom stereocenters. The maximum absolute atomic E-state index is 13.0. The Hall–Kier alpha value is -3.72. The lowest BCUT2D eigenvalue weighted by Crippen LogP contribution is -2.47. The van der Waals surface area contributed by atoms with Crippen LogP contribution < -0.4 is 14.4 Å². The van der Waals surface area contributed by atoms with Crippen LogP contribution in [-0.2, 0) is 11.0 Å². The SMILES string of the molecule is O=C(CC1CN(c2cccc(C(F)(F)F)c2)C1)c1ccc(Oc2cc3c(cc2Cl)C(C(=O)O)CCO3)cc1. The number of Topliss-reactive ketones (excluding diaryl/α,β-unsaturated/α-hetero) is 1. The molecule has 2 aliphatic rings. The predicted molar refractivity (Wildman–Crippen MR) is 135 cm³/mol. The van der Waals surface area contributed by atoms with Crippen molar-refractivity contribution in [3.8, 4) is 17.2 Å². The summed E-state index contributed by atoms with van der Waals surface area (Å²) in [4.78, 5) is 26.1. The van der Waals surface area contributed by atoms with Crippen LogP contribution in [0, 0.1) is 5.92 Å². The molecule has 1 N–H and O–H groups in total. The third-order valence-electron chi connectivity index (χ3n) is 6.78. The largest absolute Gasteiger partial charge is 0.493 e. The van der Waals surface area contributed by atoms with Gasteiger partial charge in [0.05, 0.1) is 23.1 Å². The van der Waals surface area contributed by atoms with Gasteiger partial charge in [0, 0.05) is 48.3 Å². The zero-order valence-corrected chi connectivity index (χ0v) is 20.8. The number of ether oxygens (including phenoxy) is 2. The zero-order chi connectivity index (χ0) is 27.0. The van der Waals surface area contributed by atoms with E-state index in [2.05, 4.69) is 0 Å². The van der Waals surface area contributed by atoms with Crippen LogP contribution in [0.1, 0.15) is 40.2 Å². The topological polar surface area (TPSA) is 76.1 Å². The number of ketones is 1. The van der Waals surface area contributed by atoms with E-state index in [1.165, 1.54) is 6.07 Å². The van der Waals surface area contributed by atoms with Gasteiger partial charge in [-0.2, -0.15) is 13.2 Å². The molecule has 6 nitrogen and oxygen atoms in total. The van der Waals surface area contributed by atoms with Gasteiger partial charge in [-0.15, -0.1) is 0 Å². The van der Waals surface area contributed by atoms with Crippen molar-refractivity contribution < 1.29 is 37.3 Å². The molecular formula is C28H23ClF3NO5. The molecule has 1 saturated heterocycles. The van der Waals surface area contributed by atoms with Crippen LogP contribution in [-0.4, -0.2) is 36.6 Å². The van der Waals surface area contributed by atoms with E-state index in [0.29, 0.717) is 53.6 Å². The third kappa shape index (κ3) is 5.43. The Labute approximate surface area is 221 Å². The Bertz CT molecular complexity index is 1370. The lowest BCUT2D eigenvalue weighted by molar-refractivity contribution is -0.139. The number of carbonyl (C=O) groups is 2. The number of carboxylic acid groups (broad SMARTS) is 1. The summed E-state index contributed by atoms with van der Waals surface area (Å²) >= 11 is 6.34. The second-order valence-corrected chi connectivity index (χ2v) is 9.83. The summed E-state index contributed by atoms with van der Waals surface area (Å²) in [6, 6.07) is 14.9. The molecule has 0 bridgehead atoms. The second-order valence-electron chi connectivity index (χ2n) is 9.42. The number of alkyl halides is 3. The molecule has 0 aromatic heterocycles. The first kappa shape index (κ1) is 25.9. The molecule has 198 valence electrons. The van der Waals surface area contributed by atoms with Crippen molar-refractivity contribution in [2.45, 2.75) is 24.9 Å². The van der Waals surface area contributed by atoms with Gasteiger partial charge < -0.3 is 19.5 Å². The molecule has 0 radical (unpaired) electrons. The Balaban J connectivity index is 1.18. The van der Waals surface area contributed by atoms with Gasteiger partial charge >= 0.3 is 12.1 Å². The van der Waals surface area contributed by atoms with Gasteiger partial charge in [-0.1, -0.05) is 17.7 Å². The highest BCUT2D eigenvalue weighted by atomic mass is 35.5. The van der Waals surface area contributed by atoms with E-state index < -0.39 is 23.6 Å². The van der Waals surface area contributed by atoms with E-state index in [1.54, 1.807) is 42.5 Å². The molecule has 38 heavy (non-hydrogen) atoms. The van der Waals surface area contributed by atoms with Gasteiger partial charge in [-0.25, -0.2) is 0 Å². The number of anilines is 1. The average Bonchev–Trinajstić information content (AvgIpc) is 2.86. The molecule has 5 rings (SSSR count). The molecule has 2 heterocycles. The third-order valence-corrected chi connectivity index (χ3v) is 7.07. The minimum Gasteiger partial charge on any atom is -0.493 e. The molecule has 10 heteroatoms. The van der Waals surface area contributed by atoms with Crippen LogP contribution in [0.5, 0.6) is 17.2 Å². The number of rotatable bonds is 7. The fourth-order valence-corrected chi connectivity index (χ4v) is 4.94. The predicted octanol–water partition coefficient (Wildman–Crippen LogP) is 6.81. The van der Waals surface area contributed by atoms with E-state index >= 15 is 0 Å². The van der Waals surface area contributed by atoms with Crippen molar-refractivity contribution in [2.24, 2.45) is 5.92 Å². The number of nitrogens with zero attached hydrogens (tertiary/aromatic N) is 1. The standard InChI is InChI=1S/C28H23ClF3NO5/c29-23-12-22-21(27(35)36)8-9-37-25(22)13-26(23)38-20-6-4-17(5-7-20)24(34)10-16-14-33(15-16)19-3-1-2-18(11-19)28(30,31)32/h1-7,11-13,16,21H,8-10,14-15H2,(H,35,36). The van der Waals surface area contributed by atoms with Crippen molar-refractivity contribution in [1.29, 1.82) is 0 Å². The van der Waals surface area contributed by atoms with E-state index in [-0.39, 0.29) is 29.8 Å². The van der Waals surface area contributed by atoms with Gasteiger partial charge in [0.15, 0.2) is 5.78 Å².